The maximum Gasteiger partial charge on any atom is 0.450 e. The molecule has 118 valence electrons. The summed E-state index contributed by atoms with van der Waals surface area (Å²) in [6.45, 7) is 1.44. The molecule has 0 amide bonds. The quantitative estimate of drug-likeness (QED) is 0.655. The number of hydrogen-bond donors (Lipinski definition) is 1. The lowest BCUT2D eigenvalue weighted by Crippen LogP contribution is -2.04. The Kier molecular flexibility index (Phi) is 3.73. The van der Waals surface area contributed by atoms with E-state index in [0.29, 0.717) is 5.69 Å². The highest BCUT2D eigenvalue weighted by molar-refractivity contribution is 5.73. The normalized spacial score (nSPS) is 12.2. The predicted octanol–water partition coefficient (Wildman–Crippen LogP) is 5.41. The molecule has 0 fully saturated rings. The molecule has 2 heterocycles. The Morgan fingerprint density at radius 1 is 1.13 bits per heavy atom. The summed E-state index contributed by atoms with van der Waals surface area (Å²) in [4.78, 5) is 0. The summed E-state index contributed by atoms with van der Waals surface area (Å²) in [7, 11) is 0. The second-order valence-electron chi connectivity index (χ2n) is 4.76. The lowest BCUT2D eigenvalue weighted by atomic mass is 10.1. The minimum Gasteiger partial charge on any atom is -0.456 e. The van der Waals surface area contributed by atoms with Gasteiger partial charge in [-0.25, -0.2) is 0 Å². The van der Waals surface area contributed by atoms with E-state index in [9.17, 15) is 13.2 Å². The summed E-state index contributed by atoms with van der Waals surface area (Å²) in [6, 6.07) is 10.1. The lowest BCUT2D eigenvalue weighted by molar-refractivity contribution is -0.152. The Balaban J connectivity index is 2.01. The number of benzene rings is 1. The van der Waals surface area contributed by atoms with E-state index in [0.717, 1.165) is 0 Å². The fraction of sp³-hybridized carbons (Fsp3) is 0.133. The topological polar surface area (TPSA) is 66.5 Å². The first-order chi connectivity index (χ1) is 10.9. The number of nitrogens with zero attached hydrogens (tertiary/aromatic N) is 3. The van der Waals surface area contributed by atoms with Gasteiger partial charge in [0.15, 0.2) is 0 Å². The van der Waals surface area contributed by atoms with Gasteiger partial charge in [-0.2, -0.15) is 23.4 Å². The van der Waals surface area contributed by atoms with Crippen LogP contribution < -0.4 is 0 Å². The molecule has 0 bridgehead atoms. The second kappa shape index (κ2) is 5.71. The van der Waals surface area contributed by atoms with Gasteiger partial charge in [0.2, 0.25) is 5.76 Å². The highest BCUT2D eigenvalue weighted by atomic mass is 19.4. The first-order valence-electron chi connectivity index (χ1n) is 6.63. The number of aromatic nitrogens is 2. The highest BCUT2D eigenvalue weighted by Crippen LogP contribution is 2.41. The van der Waals surface area contributed by atoms with Crippen molar-refractivity contribution in [2.24, 2.45) is 10.2 Å². The minimum absolute atomic E-state index is 0.105. The molecule has 0 saturated heterocycles. The van der Waals surface area contributed by atoms with E-state index in [-0.39, 0.29) is 22.7 Å². The van der Waals surface area contributed by atoms with E-state index in [1.165, 1.54) is 19.2 Å². The van der Waals surface area contributed by atoms with Crippen LogP contribution in [-0.2, 0) is 6.18 Å². The zero-order chi connectivity index (χ0) is 16.4. The number of rotatable bonds is 3. The number of H-pyrrole nitrogens is 1. The van der Waals surface area contributed by atoms with Gasteiger partial charge >= 0.3 is 6.18 Å². The van der Waals surface area contributed by atoms with Gasteiger partial charge in [0.1, 0.15) is 11.4 Å². The molecule has 1 aromatic carbocycles. The van der Waals surface area contributed by atoms with Gasteiger partial charge in [-0.05, 0) is 25.1 Å². The molecule has 1 N–H and O–H groups in total. The smallest absolute Gasteiger partial charge is 0.450 e. The third-order valence-corrected chi connectivity index (χ3v) is 3.03. The molecule has 0 atom stereocenters. The molecule has 0 aliphatic heterocycles. The van der Waals surface area contributed by atoms with Gasteiger partial charge in [0, 0.05) is 0 Å². The molecular weight excluding hydrogens is 309 g/mol. The summed E-state index contributed by atoms with van der Waals surface area (Å²) in [5.41, 5.74) is 0.739. The average molecular weight is 320 g/mol. The molecule has 2 aromatic heterocycles. The van der Waals surface area contributed by atoms with E-state index in [1.807, 2.05) is 6.07 Å². The SMILES string of the molecule is Cc1cc(-c2[nH]ncc2N=Nc2ccccc2)c(C(F)(F)F)o1. The molecule has 0 saturated carbocycles. The predicted molar refractivity (Wildman–Crippen MR) is 76.6 cm³/mol. The van der Waals surface area contributed by atoms with Crippen molar-refractivity contribution in [1.82, 2.24) is 10.2 Å². The van der Waals surface area contributed by atoms with Crippen molar-refractivity contribution >= 4 is 11.4 Å². The fourth-order valence-electron chi connectivity index (χ4n) is 2.07. The molecule has 8 heteroatoms. The monoisotopic (exact) mass is 320 g/mol. The van der Waals surface area contributed by atoms with Gasteiger partial charge < -0.3 is 4.42 Å². The Bertz CT molecular complexity index is 834. The maximum absolute atomic E-state index is 13.1. The number of alkyl halides is 3. The molecule has 0 radical (unpaired) electrons. The van der Waals surface area contributed by atoms with Crippen LogP contribution in [0, 0.1) is 6.92 Å². The number of halogens is 3. The summed E-state index contributed by atoms with van der Waals surface area (Å²) >= 11 is 0. The summed E-state index contributed by atoms with van der Waals surface area (Å²) in [5, 5.41) is 14.2. The lowest BCUT2D eigenvalue weighted by Gasteiger charge is -2.05. The van der Waals surface area contributed by atoms with Crippen LogP contribution >= 0.6 is 0 Å². The van der Waals surface area contributed by atoms with Gasteiger partial charge in [-0.1, -0.05) is 18.2 Å². The third-order valence-electron chi connectivity index (χ3n) is 3.03. The van der Waals surface area contributed by atoms with Crippen molar-refractivity contribution in [3.63, 3.8) is 0 Å². The zero-order valence-corrected chi connectivity index (χ0v) is 11.9. The number of hydrogen-bond acceptors (Lipinski definition) is 4. The van der Waals surface area contributed by atoms with Crippen LogP contribution in [0.5, 0.6) is 0 Å². The molecule has 23 heavy (non-hydrogen) atoms. The van der Waals surface area contributed by atoms with Crippen LogP contribution in [-0.4, -0.2) is 10.2 Å². The Labute approximate surface area is 128 Å². The number of nitrogens with one attached hydrogen (secondary N) is 1. The van der Waals surface area contributed by atoms with Crippen LogP contribution in [0.1, 0.15) is 11.5 Å². The molecular formula is C15H11F3N4O. The van der Waals surface area contributed by atoms with Gasteiger partial charge in [-0.15, -0.1) is 5.11 Å². The van der Waals surface area contributed by atoms with Crippen molar-refractivity contribution in [1.29, 1.82) is 0 Å². The van der Waals surface area contributed by atoms with Crippen LogP contribution in [0.25, 0.3) is 11.3 Å². The molecule has 3 aromatic rings. The summed E-state index contributed by atoms with van der Waals surface area (Å²) in [5.74, 6) is -0.941. The van der Waals surface area contributed by atoms with Crippen LogP contribution in [0.2, 0.25) is 0 Å². The average Bonchev–Trinajstić information content (AvgIpc) is 3.11. The highest BCUT2D eigenvalue weighted by Gasteiger charge is 2.39. The Morgan fingerprint density at radius 2 is 1.87 bits per heavy atom. The molecule has 0 aliphatic carbocycles. The van der Waals surface area contributed by atoms with Crippen LogP contribution in [0.4, 0.5) is 24.5 Å². The first-order valence-corrected chi connectivity index (χ1v) is 6.63. The van der Waals surface area contributed by atoms with E-state index < -0.39 is 11.9 Å². The van der Waals surface area contributed by atoms with Gasteiger partial charge in [-0.3, -0.25) is 5.10 Å². The van der Waals surface area contributed by atoms with E-state index in [2.05, 4.69) is 20.4 Å². The van der Waals surface area contributed by atoms with E-state index in [4.69, 9.17) is 4.42 Å². The zero-order valence-electron chi connectivity index (χ0n) is 11.9. The first kappa shape index (κ1) is 15.0. The largest absolute Gasteiger partial charge is 0.456 e. The van der Waals surface area contributed by atoms with Crippen molar-refractivity contribution in [2.45, 2.75) is 13.1 Å². The second-order valence-corrected chi connectivity index (χ2v) is 4.76. The number of aryl methyl sites for hydroxylation is 1. The van der Waals surface area contributed by atoms with Crippen molar-refractivity contribution < 1.29 is 17.6 Å². The van der Waals surface area contributed by atoms with Crippen LogP contribution in [0.3, 0.4) is 0 Å². The molecule has 0 aliphatic rings. The number of furan rings is 1. The van der Waals surface area contributed by atoms with Gasteiger partial charge in [0.05, 0.1) is 23.1 Å². The molecule has 0 unspecified atom stereocenters. The molecule has 3 rings (SSSR count). The Hall–Kier alpha value is -2.90. The van der Waals surface area contributed by atoms with E-state index in [1.54, 1.807) is 24.3 Å². The number of aromatic amines is 1. The minimum atomic E-state index is -4.61. The maximum atomic E-state index is 13.1. The van der Waals surface area contributed by atoms with E-state index >= 15 is 0 Å². The molecule has 5 nitrogen and oxygen atoms in total. The summed E-state index contributed by atoms with van der Waals surface area (Å²) < 4.78 is 43.9. The fourth-order valence-corrected chi connectivity index (χ4v) is 2.07. The van der Waals surface area contributed by atoms with Crippen LogP contribution in [0.15, 0.2) is 57.2 Å². The third kappa shape index (κ3) is 3.15. The summed E-state index contributed by atoms with van der Waals surface area (Å²) in [6.07, 6.45) is -3.30. The van der Waals surface area contributed by atoms with Crippen molar-refractivity contribution in [3.8, 4) is 11.3 Å². The van der Waals surface area contributed by atoms with Gasteiger partial charge in [0.25, 0.3) is 0 Å². The number of azo groups is 1. The molecule has 0 spiro atoms. The van der Waals surface area contributed by atoms with Crippen molar-refractivity contribution in [3.05, 3.63) is 54.1 Å². The van der Waals surface area contributed by atoms with Crippen molar-refractivity contribution in [2.75, 3.05) is 0 Å². The Morgan fingerprint density at radius 3 is 2.57 bits per heavy atom. The standard InChI is InChI=1S/C15H11F3N4O/c1-9-7-11(14(23-9)15(16,17)18)13-12(8-19-22-13)21-20-10-5-3-2-4-6-10/h2-8H,1H3,(H,19,22).